The fourth-order valence-electron chi connectivity index (χ4n) is 2.54. The van der Waals surface area contributed by atoms with Gasteiger partial charge in [-0.15, -0.1) is 13.2 Å². The number of rotatable bonds is 6. The van der Waals surface area contributed by atoms with Gasteiger partial charge in [-0.2, -0.15) is 5.10 Å². The number of halogens is 3. The van der Waals surface area contributed by atoms with Crippen LogP contribution >= 0.6 is 0 Å². The van der Waals surface area contributed by atoms with Gasteiger partial charge in [-0.3, -0.25) is 10.1 Å². The summed E-state index contributed by atoms with van der Waals surface area (Å²) in [5.41, 5.74) is -0.152. The Morgan fingerprint density at radius 1 is 1.24 bits per heavy atom. The summed E-state index contributed by atoms with van der Waals surface area (Å²) in [6.45, 7) is 1.62. The third kappa shape index (κ3) is 4.36. The Hall–Kier alpha value is -3.83. The molecule has 0 amide bonds. The fraction of sp³-hybridized carbons (Fsp3) is 0.176. The van der Waals surface area contributed by atoms with Gasteiger partial charge in [0.2, 0.25) is 0 Å². The highest BCUT2D eigenvalue weighted by Crippen LogP contribution is 2.34. The molecule has 0 aliphatic rings. The molecule has 3 aromatic rings. The number of nitrogens with zero attached hydrogens (tertiary/aromatic N) is 2. The second-order valence-corrected chi connectivity index (χ2v) is 5.58. The number of carboxylic acids is 1. The molecule has 2 heterocycles. The van der Waals surface area contributed by atoms with E-state index in [0.29, 0.717) is 0 Å². The average molecular weight is 410 g/mol. The van der Waals surface area contributed by atoms with Gasteiger partial charge in [-0.25, -0.2) is 9.59 Å². The molecule has 0 bridgehead atoms. The minimum atomic E-state index is -4.92. The van der Waals surface area contributed by atoms with Gasteiger partial charge in [0.25, 0.3) is 0 Å². The minimum Gasteiger partial charge on any atom is -0.477 e. The third-order valence-electron chi connectivity index (χ3n) is 3.69. The number of aromatic carboxylic acids is 1. The summed E-state index contributed by atoms with van der Waals surface area (Å²) in [6.07, 6.45) is -2.71. The molecule has 12 heteroatoms. The Balaban J connectivity index is 2.18. The first-order valence-corrected chi connectivity index (χ1v) is 8.09. The van der Waals surface area contributed by atoms with Crippen LogP contribution in [0.5, 0.6) is 5.75 Å². The number of carbonyl (C=O) groups excluding carboxylic acids is 1. The lowest BCUT2D eigenvalue weighted by molar-refractivity contribution is -0.274. The maximum absolute atomic E-state index is 12.6. The third-order valence-corrected chi connectivity index (χ3v) is 3.69. The summed E-state index contributed by atoms with van der Waals surface area (Å²) < 4.78 is 46.6. The first-order chi connectivity index (χ1) is 13.7. The van der Waals surface area contributed by atoms with E-state index in [0.717, 1.165) is 18.3 Å². The van der Waals surface area contributed by atoms with Gasteiger partial charge in [0.15, 0.2) is 0 Å². The molecule has 0 saturated heterocycles. The van der Waals surface area contributed by atoms with Crippen LogP contribution in [0.25, 0.3) is 10.9 Å². The fourth-order valence-corrected chi connectivity index (χ4v) is 2.54. The molecule has 1 aromatic carbocycles. The lowest BCUT2D eigenvalue weighted by Gasteiger charge is -2.15. The van der Waals surface area contributed by atoms with E-state index >= 15 is 0 Å². The number of benzene rings is 1. The molecule has 3 rings (SSSR count). The van der Waals surface area contributed by atoms with Gasteiger partial charge < -0.3 is 19.9 Å². The van der Waals surface area contributed by atoms with Crippen LogP contribution in [0.1, 0.15) is 27.6 Å². The van der Waals surface area contributed by atoms with E-state index in [1.165, 1.54) is 12.3 Å². The lowest BCUT2D eigenvalue weighted by Crippen LogP contribution is -2.17. The number of hydrogen-bond donors (Lipinski definition) is 3. The molecule has 3 N–H and O–H groups in total. The summed E-state index contributed by atoms with van der Waals surface area (Å²) >= 11 is 0. The van der Waals surface area contributed by atoms with E-state index in [4.69, 9.17) is 4.74 Å². The van der Waals surface area contributed by atoms with Crippen molar-refractivity contribution in [2.75, 3.05) is 11.9 Å². The first-order valence-electron chi connectivity index (χ1n) is 8.09. The molecule has 0 aliphatic heterocycles. The second kappa shape index (κ2) is 7.66. The standard InChI is InChI=1S/C17H13F3N4O5/c1-2-28-16(27)10-6-21-12-4-3-8(29-17(18,19)20)5-9(12)13(10)23-14-11(15(25)26)7-22-24-14/h3-7H,2H2,1H3,(H,25,26)(H2,21,22,23,24). The number of esters is 1. The number of carboxylic acid groups (broad SMARTS) is 1. The summed E-state index contributed by atoms with van der Waals surface area (Å²) in [5.74, 6) is -2.74. The number of H-pyrrole nitrogens is 1. The van der Waals surface area contributed by atoms with Crippen molar-refractivity contribution < 1.29 is 37.3 Å². The average Bonchev–Trinajstić information content (AvgIpc) is 3.09. The highest BCUT2D eigenvalue weighted by molar-refractivity contribution is 6.07. The number of ether oxygens (including phenoxy) is 2. The summed E-state index contributed by atoms with van der Waals surface area (Å²) in [7, 11) is 0. The predicted octanol–water partition coefficient (Wildman–Crippen LogP) is 3.48. The number of alkyl halides is 3. The van der Waals surface area contributed by atoms with Crippen molar-refractivity contribution in [2.24, 2.45) is 0 Å². The Morgan fingerprint density at radius 2 is 2.00 bits per heavy atom. The first kappa shape index (κ1) is 19.9. The molecule has 2 aromatic heterocycles. The summed E-state index contributed by atoms with van der Waals surface area (Å²) in [5, 5.41) is 18.1. The highest BCUT2D eigenvalue weighted by atomic mass is 19.4. The molecule has 152 valence electrons. The quantitative estimate of drug-likeness (QED) is 0.527. The van der Waals surface area contributed by atoms with Crippen molar-refractivity contribution >= 4 is 34.3 Å². The van der Waals surface area contributed by atoms with Gasteiger partial charge >= 0.3 is 18.3 Å². The Morgan fingerprint density at radius 3 is 2.66 bits per heavy atom. The predicted molar refractivity (Wildman–Crippen MR) is 93.2 cm³/mol. The van der Waals surface area contributed by atoms with Crippen LogP contribution in [-0.2, 0) is 4.74 Å². The largest absolute Gasteiger partial charge is 0.573 e. The Labute approximate surface area is 160 Å². The second-order valence-electron chi connectivity index (χ2n) is 5.58. The lowest BCUT2D eigenvalue weighted by atomic mass is 10.1. The van der Waals surface area contributed by atoms with E-state index in [-0.39, 0.29) is 40.1 Å². The van der Waals surface area contributed by atoms with Crippen LogP contribution in [-0.4, -0.2) is 45.2 Å². The van der Waals surface area contributed by atoms with E-state index in [1.807, 2.05) is 0 Å². The number of fused-ring (bicyclic) bond motifs is 1. The van der Waals surface area contributed by atoms with Crippen molar-refractivity contribution in [3.63, 3.8) is 0 Å². The number of hydrogen-bond acceptors (Lipinski definition) is 7. The van der Waals surface area contributed by atoms with Crippen molar-refractivity contribution in [3.05, 3.63) is 41.7 Å². The van der Waals surface area contributed by atoms with E-state index in [1.54, 1.807) is 6.92 Å². The van der Waals surface area contributed by atoms with E-state index in [2.05, 4.69) is 25.2 Å². The molecule has 0 saturated carbocycles. The smallest absolute Gasteiger partial charge is 0.477 e. The SMILES string of the molecule is CCOC(=O)c1cnc2ccc(OC(F)(F)F)cc2c1Nc1[nH]ncc1C(=O)O. The molecular weight excluding hydrogens is 397 g/mol. The van der Waals surface area contributed by atoms with Gasteiger partial charge in [-0.1, -0.05) is 0 Å². The van der Waals surface area contributed by atoms with Crippen LogP contribution in [0.3, 0.4) is 0 Å². The minimum absolute atomic E-state index is 0.0205. The Bertz CT molecular complexity index is 1080. The van der Waals surface area contributed by atoms with Crippen LogP contribution in [0, 0.1) is 0 Å². The number of pyridine rings is 1. The maximum Gasteiger partial charge on any atom is 0.573 e. The number of aromatic nitrogens is 3. The van der Waals surface area contributed by atoms with Crippen molar-refractivity contribution in [2.45, 2.75) is 13.3 Å². The zero-order valence-electron chi connectivity index (χ0n) is 14.7. The summed E-state index contributed by atoms with van der Waals surface area (Å²) in [4.78, 5) is 27.7. The molecule has 0 atom stereocenters. The number of anilines is 2. The van der Waals surface area contributed by atoms with Crippen LogP contribution in [0.2, 0.25) is 0 Å². The molecule has 0 unspecified atom stereocenters. The zero-order chi connectivity index (χ0) is 21.2. The molecule has 29 heavy (non-hydrogen) atoms. The Kier molecular flexibility index (Phi) is 5.26. The maximum atomic E-state index is 12.6. The molecular formula is C17H13F3N4O5. The number of nitrogens with one attached hydrogen (secondary N) is 2. The summed E-state index contributed by atoms with van der Waals surface area (Å²) in [6, 6.07) is 3.36. The molecule has 0 fully saturated rings. The highest BCUT2D eigenvalue weighted by Gasteiger charge is 2.31. The molecule has 9 nitrogen and oxygen atoms in total. The van der Waals surface area contributed by atoms with Crippen molar-refractivity contribution in [3.8, 4) is 5.75 Å². The van der Waals surface area contributed by atoms with Gasteiger partial charge in [0.05, 0.1) is 24.0 Å². The normalized spacial score (nSPS) is 11.3. The van der Waals surface area contributed by atoms with Crippen molar-refractivity contribution in [1.82, 2.24) is 15.2 Å². The molecule has 0 radical (unpaired) electrons. The van der Waals surface area contributed by atoms with Crippen LogP contribution in [0.15, 0.2) is 30.6 Å². The molecule has 0 aliphatic carbocycles. The van der Waals surface area contributed by atoms with Crippen molar-refractivity contribution in [1.29, 1.82) is 0 Å². The van der Waals surface area contributed by atoms with Gasteiger partial charge in [0.1, 0.15) is 22.7 Å². The zero-order valence-corrected chi connectivity index (χ0v) is 14.7. The molecule has 0 spiro atoms. The van der Waals surface area contributed by atoms with Crippen LogP contribution < -0.4 is 10.1 Å². The van der Waals surface area contributed by atoms with E-state index in [9.17, 15) is 27.9 Å². The van der Waals surface area contributed by atoms with E-state index < -0.39 is 24.1 Å². The van der Waals surface area contributed by atoms with Crippen LogP contribution in [0.4, 0.5) is 24.7 Å². The van der Waals surface area contributed by atoms with Gasteiger partial charge in [-0.05, 0) is 25.1 Å². The monoisotopic (exact) mass is 410 g/mol. The number of aromatic amines is 1. The van der Waals surface area contributed by atoms with Gasteiger partial charge in [0, 0.05) is 11.6 Å². The topological polar surface area (TPSA) is 126 Å². The number of carbonyl (C=O) groups is 2.